The molecule has 0 atom stereocenters. The molecule has 2 N–H and O–H groups in total. The van der Waals surface area contributed by atoms with Crippen LogP contribution in [0.2, 0.25) is 0 Å². The van der Waals surface area contributed by atoms with Crippen molar-refractivity contribution in [1.29, 1.82) is 0 Å². The fourth-order valence-electron chi connectivity index (χ4n) is 0.341. The zero-order valence-corrected chi connectivity index (χ0v) is 7.50. The molecule has 0 saturated heterocycles. The molecular weight excluding hydrogens is 160 g/mol. The maximum atomic E-state index is 10.8. The SMILES string of the molecule is C=C(C)C(=O)OC(O)(O)C(C)C. The number of hydrogen-bond acceptors (Lipinski definition) is 4. The Morgan fingerprint density at radius 1 is 1.50 bits per heavy atom. The minimum Gasteiger partial charge on any atom is -0.404 e. The molecule has 4 heteroatoms. The van der Waals surface area contributed by atoms with Crippen LogP contribution in [0.15, 0.2) is 12.2 Å². The van der Waals surface area contributed by atoms with Gasteiger partial charge in [-0.05, 0) is 6.92 Å². The van der Waals surface area contributed by atoms with Gasteiger partial charge in [-0.25, -0.2) is 4.79 Å². The number of hydrogen-bond donors (Lipinski definition) is 2. The third-order valence-electron chi connectivity index (χ3n) is 1.34. The highest BCUT2D eigenvalue weighted by atomic mass is 16.8. The summed E-state index contributed by atoms with van der Waals surface area (Å²) in [5.41, 5.74) is 0.128. The van der Waals surface area contributed by atoms with E-state index in [4.69, 9.17) is 10.2 Å². The van der Waals surface area contributed by atoms with Crippen molar-refractivity contribution >= 4 is 5.97 Å². The molecule has 0 aromatic heterocycles. The second-order valence-electron chi connectivity index (χ2n) is 2.98. The van der Waals surface area contributed by atoms with Crippen LogP contribution in [0.5, 0.6) is 0 Å². The highest BCUT2D eigenvalue weighted by molar-refractivity contribution is 5.87. The monoisotopic (exact) mass is 174 g/mol. The van der Waals surface area contributed by atoms with Crippen molar-refractivity contribution in [1.82, 2.24) is 0 Å². The first-order valence-electron chi connectivity index (χ1n) is 3.61. The maximum absolute atomic E-state index is 10.8. The highest BCUT2D eigenvalue weighted by Crippen LogP contribution is 2.15. The van der Waals surface area contributed by atoms with Crippen LogP contribution >= 0.6 is 0 Å². The van der Waals surface area contributed by atoms with E-state index in [0.29, 0.717) is 0 Å². The summed E-state index contributed by atoms with van der Waals surface area (Å²) in [6, 6.07) is 0. The summed E-state index contributed by atoms with van der Waals surface area (Å²) in [7, 11) is 0. The Morgan fingerprint density at radius 2 is 1.92 bits per heavy atom. The first-order chi connectivity index (χ1) is 5.27. The molecule has 0 aromatic carbocycles. The van der Waals surface area contributed by atoms with Crippen LogP contribution < -0.4 is 0 Å². The van der Waals surface area contributed by atoms with Gasteiger partial charge in [0.15, 0.2) is 0 Å². The first kappa shape index (κ1) is 11.1. The summed E-state index contributed by atoms with van der Waals surface area (Å²) in [5, 5.41) is 18.2. The van der Waals surface area contributed by atoms with E-state index in [1.54, 1.807) is 0 Å². The predicted octanol–water partition coefficient (Wildman–Crippen LogP) is 0.400. The van der Waals surface area contributed by atoms with E-state index in [-0.39, 0.29) is 5.57 Å². The Hall–Kier alpha value is -0.870. The van der Waals surface area contributed by atoms with Gasteiger partial charge in [0.2, 0.25) is 0 Å². The van der Waals surface area contributed by atoms with E-state index in [1.807, 2.05) is 0 Å². The van der Waals surface area contributed by atoms with Crippen molar-refractivity contribution in [2.75, 3.05) is 0 Å². The molecular formula is C8H14O4. The fraction of sp³-hybridized carbons (Fsp3) is 0.625. The third kappa shape index (κ3) is 3.02. The average Bonchev–Trinajstić information content (AvgIpc) is 1.85. The molecule has 0 aliphatic carbocycles. The summed E-state index contributed by atoms with van der Waals surface area (Å²) in [6.07, 6.45) is 0. The van der Waals surface area contributed by atoms with E-state index in [1.165, 1.54) is 20.8 Å². The van der Waals surface area contributed by atoms with E-state index in [9.17, 15) is 4.79 Å². The van der Waals surface area contributed by atoms with Crippen molar-refractivity contribution in [2.24, 2.45) is 5.92 Å². The Labute approximate surface area is 71.5 Å². The zero-order valence-electron chi connectivity index (χ0n) is 7.50. The normalized spacial score (nSPS) is 11.5. The van der Waals surface area contributed by atoms with Gasteiger partial charge in [-0.15, -0.1) is 0 Å². The summed E-state index contributed by atoms with van der Waals surface area (Å²) in [6.45, 7) is 7.77. The van der Waals surface area contributed by atoms with Gasteiger partial charge < -0.3 is 14.9 Å². The topological polar surface area (TPSA) is 66.8 Å². The molecule has 0 heterocycles. The van der Waals surface area contributed by atoms with Crippen LogP contribution in [-0.2, 0) is 9.53 Å². The molecule has 0 aromatic rings. The zero-order chi connectivity index (χ0) is 9.94. The van der Waals surface area contributed by atoms with Gasteiger partial charge in [0.05, 0.1) is 0 Å². The number of carbonyl (C=O) groups excluding carboxylic acids is 1. The van der Waals surface area contributed by atoms with Crippen LogP contribution in [0.3, 0.4) is 0 Å². The largest absolute Gasteiger partial charge is 0.404 e. The van der Waals surface area contributed by atoms with Gasteiger partial charge in [0.1, 0.15) is 0 Å². The fourth-order valence-corrected chi connectivity index (χ4v) is 0.341. The van der Waals surface area contributed by atoms with Gasteiger partial charge in [-0.3, -0.25) is 0 Å². The lowest BCUT2D eigenvalue weighted by Crippen LogP contribution is -2.40. The van der Waals surface area contributed by atoms with Crippen LogP contribution in [0, 0.1) is 5.92 Å². The van der Waals surface area contributed by atoms with E-state index in [2.05, 4.69) is 11.3 Å². The lowest BCUT2D eigenvalue weighted by Gasteiger charge is -2.24. The summed E-state index contributed by atoms with van der Waals surface area (Å²) >= 11 is 0. The molecule has 0 aliphatic rings. The minimum atomic E-state index is -2.41. The van der Waals surface area contributed by atoms with Crippen LogP contribution in [0.25, 0.3) is 0 Å². The van der Waals surface area contributed by atoms with Crippen molar-refractivity contribution < 1.29 is 19.7 Å². The lowest BCUT2D eigenvalue weighted by molar-refractivity contribution is -0.339. The molecule has 0 aliphatic heterocycles. The molecule has 0 bridgehead atoms. The Morgan fingerprint density at radius 3 is 2.17 bits per heavy atom. The number of carbonyl (C=O) groups is 1. The highest BCUT2D eigenvalue weighted by Gasteiger charge is 2.32. The number of esters is 1. The molecule has 0 rings (SSSR count). The molecule has 0 amide bonds. The van der Waals surface area contributed by atoms with Gasteiger partial charge >= 0.3 is 11.9 Å². The van der Waals surface area contributed by atoms with E-state index < -0.39 is 17.9 Å². The molecule has 4 nitrogen and oxygen atoms in total. The Bertz CT molecular complexity index is 193. The Kier molecular flexibility index (Phi) is 3.42. The van der Waals surface area contributed by atoms with Crippen molar-refractivity contribution in [2.45, 2.75) is 26.7 Å². The second-order valence-corrected chi connectivity index (χ2v) is 2.98. The minimum absolute atomic E-state index is 0.128. The molecule has 0 unspecified atom stereocenters. The van der Waals surface area contributed by atoms with E-state index >= 15 is 0 Å². The first-order valence-corrected chi connectivity index (χ1v) is 3.61. The van der Waals surface area contributed by atoms with Gasteiger partial charge in [0.25, 0.3) is 0 Å². The van der Waals surface area contributed by atoms with Gasteiger partial charge in [-0.2, -0.15) is 0 Å². The third-order valence-corrected chi connectivity index (χ3v) is 1.34. The van der Waals surface area contributed by atoms with Crippen molar-refractivity contribution in [3.8, 4) is 0 Å². The summed E-state index contributed by atoms with van der Waals surface area (Å²) < 4.78 is 4.33. The van der Waals surface area contributed by atoms with Gasteiger partial charge in [-0.1, -0.05) is 20.4 Å². The van der Waals surface area contributed by atoms with E-state index in [0.717, 1.165) is 0 Å². The average molecular weight is 174 g/mol. The lowest BCUT2D eigenvalue weighted by atomic mass is 10.2. The predicted molar refractivity (Wildman–Crippen MR) is 42.9 cm³/mol. The second kappa shape index (κ2) is 3.69. The number of aliphatic hydroxyl groups is 2. The van der Waals surface area contributed by atoms with Gasteiger partial charge in [0, 0.05) is 11.5 Å². The van der Waals surface area contributed by atoms with Crippen molar-refractivity contribution in [3.05, 3.63) is 12.2 Å². The smallest absolute Gasteiger partial charge is 0.337 e. The summed E-state index contributed by atoms with van der Waals surface area (Å²) in [4.78, 5) is 10.8. The molecule has 70 valence electrons. The molecule has 12 heavy (non-hydrogen) atoms. The van der Waals surface area contributed by atoms with Crippen molar-refractivity contribution in [3.63, 3.8) is 0 Å². The Balaban J connectivity index is 4.25. The number of ether oxygens (including phenoxy) is 1. The quantitative estimate of drug-likeness (QED) is 0.369. The molecule has 0 fully saturated rings. The summed E-state index contributed by atoms with van der Waals surface area (Å²) in [5.74, 6) is -3.80. The molecule has 0 spiro atoms. The standard InChI is InChI=1S/C8H14O4/c1-5(2)7(9)12-8(10,11)6(3)4/h6,10-11H,1H2,2-4H3. The molecule has 0 saturated carbocycles. The molecule has 0 radical (unpaired) electrons. The van der Waals surface area contributed by atoms with Crippen LogP contribution in [0.1, 0.15) is 20.8 Å². The number of rotatable bonds is 3. The van der Waals surface area contributed by atoms with Crippen LogP contribution in [0.4, 0.5) is 0 Å². The maximum Gasteiger partial charge on any atom is 0.337 e. The van der Waals surface area contributed by atoms with Crippen LogP contribution in [-0.4, -0.2) is 22.2 Å².